The van der Waals surface area contributed by atoms with Crippen molar-refractivity contribution < 1.29 is 4.79 Å². The molecule has 94 valence electrons. The highest BCUT2D eigenvalue weighted by atomic mass is 32.1. The Morgan fingerprint density at radius 1 is 1.47 bits per heavy atom. The fourth-order valence-electron chi connectivity index (χ4n) is 1.34. The molecule has 5 nitrogen and oxygen atoms in total. The summed E-state index contributed by atoms with van der Waals surface area (Å²) in [7, 11) is 0. The van der Waals surface area contributed by atoms with E-state index in [0.717, 1.165) is 16.7 Å². The molecule has 0 bridgehead atoms. The van der Waals surface area contributed by atoms with E-state index in [4.69, 9.17) is 0 Å². The monoisotopic (exact) mass is 254 g/mol. The topological polar surface area (TPSA) is 66.9 Å². The zero-order chi connectivity index (χ0) is 12.3. The lowest BCUT2D eigenvalue weighted by molar-refractivity contribution is -0.119. The third-order valence-corrected chi connectivity index (χ3v) is 3.80. The fraction of sp³-hybridized carbons (Fsp3) is 0.727. The van der Waals surface area contributed by atoms with Gasteiger partial charge in [0.15, 0.2) is 0 Å². The van der Waals surface area contributed by atoms with Crippen LogP contribution in [0.5, 0.6) is 0 Å². The second-order valence-electron chi connectivity index (χ2n) is 4.70. The maximum atomic E-state index is 11.5. The van der Waals surface area contributed by atoms with Crippen LogP contribution >= 0.6 is 11.3 Å². The Bertz CT molecular complexity index is 387. The molecule has 1 aliphatic rings. The predicted molar refractivity (Wildman–Crippen MR) is 68.2 cm³/mol. The van der Waals surface area contributed by atoms with Gasteiger partial charge in [0.2, 0.25) is 11.0 Å². The number of nitrogens with one attached hydrogen (secondary N) is 2. The van der Waals surface area contributed by atoms with Gasteiger partial charge < -0.3 is 10.6 Å². The third kappa shape index (κ3) is 3.96. The van der Waals surface area contributed by atoms with Gasteiger partial charge in [-0.05, 0) is 18.8 Å². The zero-order valence-electron chi connectivity index (χ0n) is 10.2. The number of amides is 1. The van der Waals surface area contributed by atoms with E-state index in [1.807, 2.05) is 0 Å². The molecule has 0 aliphatic heterocycles. The van der Waals surface area contributed by atoms with Crippen molar-refractivity contribution in [2.24, 2.45) is 5.92 Å². The summed E-state index contributed by atoms with van der Waals surface area (Å²) >= 11 is 1.51. The van der Waals surface area contributed by atoms with Crippen LogP contribution in [0.15, 0.2) is 0 Å². The van der Waals surface area contributed by atoms with Gasteiger partial charge in [-0.1, -0.05) is 25.2 Å². The number of rotatable bonds is 6. The number of hydrogen-bond acceptors (Lipinski definition) is 5. The SMILES string of the molecule is CC(C)c1nnc(NCC(=O)NCC2CC2)s1. The average molecular weight is 254 g/mol. The molecule has 1 heterocycles. The zero-order valence-corrected chi connectivity index (χ0v) is 11.0. The normalized spacial score (nSPS) is 15.0. The van der Waals surface area contributed by atoms with Crippen molar-refractivity contribution in [3.8, 4) is 0 Å². The number of hydrogen-bond donors (Lipinski definition) is 2. The molecule has 0 atom stereocenters. The Morgan fingerprint density at radius 2 is 2.24 bits per heavy atom. The van der Waals surface area contributed by atoms with Crippen LogP contribution in [0.2, 0.25) is 0 Å². The molecule has 1 saturated carbocycles. The molecule has 1 aliphatic carbocycles. The first-order chi connectivity index (χ1) is 8.15. The minimum Gasteiger partial charge on any atom is -0.354 e. The lowest BCUT2D eigenvalue weighted by Crippen LogP contribution is -2.31. The van der Waals surface area contributed by atoms with Crippen molar-refractivity contribution in [3.05, 3.63) is 5.01 Å². The Kier molecular flexibility index (Phi) is 3.93. The smallest absolute Gasteiger partial charge is 0.239 e. The maximum absolute atomic E-state index is 11.5. The van der Waals surface area contributed by atoms with E-state index in [0.29, 0.717) is 11.8 Å². The van der Waals surface area contributed by atoms with Gasteiger partial charge in [0.25, 0.3) is 0 Å². The summed E-state index contributed by atoms with van der Waals surface area (Å²) in [6.07, 6.45) is 2.50. The Hall–Kier alpha value is -1.17. The Balaban J connectivity index is 1.70. The maximum Gasteiger partial charge on any atom is 0.239 e. The van der Waals surface area contributed by atoms with Gasteiger partial charge in [-0.2, -0.15) is 0 Å². The first-order valence-corrected chi connectivity index (χ1v) is 6.80. The highest BCUT2D eigenvalue weighted by Crippen LogP contribution is 2.27. The highest BCUT2D eigenvalue weighted by molar-refractivity contribution is 7.15. The van der Waals surface area contributed by atoms with E-state index >= 15 is 0 Å². The molecule has 17 heavy (non-hydrogen) atoms. The summed E-state index contributed by atoms with van der Waals surface area (Å²) in [4.78, 5) is 11.5. The van der Waals surface area contributed by atoms with Crippen LogP contribution in [0.3, 0.4) is 0 Å². The van der Waals surface area contributed by atoms with Crippen molar-refractivity contribution in [2.75, 3.05) is 18.4 Å². The lowest BCUT2D eigenvalue weighted by atomic mass is 10.2. The fourth-order valence-corrected chi connectivity index (χ4v) is 2.08. The van der Waals surface area contributed by atoms with Gasteiger partial charge in [0, 0.05) is 12.5 Å². The van der Waals surface area contributed by atoms with Crippen LogP contribution in [0.1, 0.15) is 37.6 Å². The molecule has 0 unspecified atom stereocenters. The summed E-state index contributed by atoms with van der Waals surface area (Å²) in [5, 5.41) is 15.7. The molecule has 0 radical (unpaired) electrons. The van der Waals surface area contributed by atoms with Crippen LogP contribution in [0.25, 0.3) is 0 Å². The van der Waals surface area contributed by atoms with Gasteiger partial charge in [0.05, 0.1) is 6.54 Å². The van der Waals surface area contributed by atoms with Crippen molar-refractivity contribution >= 4 is 22.4 Å². The molecule has 2 rings (SSSR count). The second-order valence-corrected chi connectivity index (χ2v) is 5.71. The minimum atomic E-state index is 0.0261. The van der Waals surface area contributed by atoms with Crippen LogP contribution in [0.4, 0.5) is 5.13 Å². The number of carbonyl (C=O) groups is 1. The molecule has 0 saturated heterocycles. The van der Waals surface area contributed by atoms with Crippen molar-refractivity contribution in [1.82, 2.24) is 15.5 Å². The van der Waals surface area contributed by atoms with Crippen molar-refractivity contribution in [1.29, 1.82) is 0 Å². The van der Waals surface area contributed by atoms with E-state index in [1.54, 1.807) is 0 Å². The van der Waals surface area contributed by atoms with E-state index in [9.17, 15) is 4.79 Å². The van der Waals surface area contributed by atoms with Crippen molar-refractivity contribution in [3.63, 3.8) is 0 Å². The molecular weight excluding hydrogens is 236 g/mol. The number of nitrogens with zero attached hydrogens (tertiary/aromatic N) is 2. The summed E-state index contributed by atoms with van der Waals surface area (Å²) in [6, 6.07) is 0. The summed E-state index contributed by atoms with van der Waals surface area (Å²) in [5.41, 5.74) is 0. The molecule has 1 fully saturated rings. The minimum absolute atomic E-state index is 0.0261. The molecule has 6 heteroatoms. The third-order valence-electron chi connectivity index (χ3n) is 2.62. The summed E-state index contributed by atoms with van der Waals surface area (Å²) < 4.78 is 0. The first-order valence-electron chi connectivity index (χ1n) is 5.99. The predicted octanol–water partition coefficient (Wildman–Crippen LogP) is 1.60. The standard InChI is InChI=1S/C11H18N4OS/c1-7(2)10-14-15-11(17-10)13-6-9(16)12-5-8-3-4-8/h7-8H,3-6H2,1-2H3,(H,12,16)(H,13,15). The van der Waals surface area contributed by atoms with E-state index in [-0.39, 0.29) is 12.5 Å². The quantitative estimate of drug-likeness (QED) is 0.809. The van der Waals surface area contributed by atoms with Crippen LogP contribution in [-0.4, -0.2) is 29.2 Å². The van der Waals surface area contributed by atoms with Gasteiger partial charge in [0.1, 0.15) is 5.01 Å². The van der Waals surface area contributed by atoms with Crippen LogP contribution in [-0.2, 0) is 4.79 Å². The number of aromatic nitrogens is 2. The van der Waals surface area contributed by atoms with Crippen LogP contribution < -0.4 is 10.6 Å². The molecular formula is C11H18N4OS. The molecule has 1 amide bonds. The van der Waals surface area contributed by atoms with E-state index < -0.39 is 0 Å². The lowest BCUT2D eigenvalue weighted by Gasteiger charge is -2.03. The second kappa shape index (κ2) is 5.44. The van der Waals surface area contributed by atoms with Gasteiger partial charge in [-0.3, -0.25) is 4.79 Å². The molecule has 0 spiro atoms. The number of carbonyl (C=O) groups excluding carboxylic acids is 1. The largest absolute Gasteiger partial charge is 0.354 e. The summed E-state index contributed by atoms with van der Waals surface area (Å²) in [5.74, 6) is 1.12. The molecule has 1 aromatic heterocycles. The van der Waals surface area contributed by atoms with E-state index in [1.165, 1.54) is 24.2 Å². The van der Waals surface area contributed by atoms with Gasteiger partial charge >= 0.3 is 0 Å². The van der Waals surface area contributed by atoms with Crippen molar-refractivity contribution in [2.45, 2.75) is 32.6 Å². The molecule has 1 aromatic rings. The van der Waals surface area contributed by atoms with Gasteiger partial charge in [-0.15, -0.1) is 10.2 Å². The Labute approximate surface area is 105 Å². The first kappa shape index (κ1) is 12.3. The Morgan fingerprint density at radius 3 is 2.82 bits per heavy atom. The molecule has 0 aromatic carbocycles. The molecule has 2 N–H and O–H groups in total. The number of anilines is 1. The summed E-state index contributed by atoms with van der Waals surface area (Å²) in [6.45, 7) is 5.24. The van der Waals surface area contributed by atoms with Gasteiger partial charge in [-0.25, -0.2) is 0 Å². The average Bonchev–Trinajstić information content (AvgIpc) is 3.00. The van der Waals surface area contributed by atoms with Crippen LogP contribution in [0, 0.1) is 5.92 Å². The van der Waals surface area contributed by atoms with E-state index in [2.05, 4.69) is 34.7 Å². The highest BCUT2D eigenvalue weighted by Gasteiger charge is 2.21.